The summed E-state index contributed by atoms with van der Waals surface area (Å²) in [7, 11) is 3.24. The highest BCUT2D eigenvalue weighted by molar-refractivity contribution is 6.13. The van der Waals surface area contributed by atoms with Crippen LogP contribution in [0.1, 0.15) is 18.4 Å². The number of alkyl halides is 2. The van der Waals surface area contributed by atoms with Gasteiger partial charge < -0.3 is 24.4 Å². The summed E-state index contributed by atoms with van der Waals surface area (Å²) in [6.07, 6.45) is 5.83. The second-order valence-electron chi connectivity index (χ2n) is 10.1. The van der Waals surface area contributed by atoms with E-state index in [9.17, 15) is 8.78 Å². The topological polar surface area (TPSA) is 97.9 Å². The van der Waals surface area contributed by atoms with Gasteiger partial charge in [0.05, 0.1) is 25.3 Å². The van der Waals surface area contributed by atoms with Gasteiger partial charge in [-0.1, -0.05) is 0 Å². The Bertz CT molecular complexity index is 1560. The van der Waals surface area contributed by atoms with Gasteiger partial charge in [-0.2, -0.15) is 5.10 Å². The first-order chi connectivity index (χ1) is 19.3. The number of piperidine rings is 1. The summed E-state index contributed by atoms with van der Waals surface area (Å²) in [4.78, 5) is 14.7. The number of pyridine rings is 1. The van der Waals surface area contributed by atoms with E-state index in [1.807, 2.05) is 37.3 Å². The van der Waals surface area contributed by atoms with Crippen molar-refractivity contribution in [2.45, 2.75) is 37.8 Å². The molecule has 4 heterocycles. The Morgan fingerprint density at radius 1 is 1.18 bits per heavy atom. The van der Waals surface area contributed by atoms with Gasteiger partial charge in [0, 0.05) is 43.4 Å². The van der Waals surface area contributed by atoms with Crippen molar-refractivity contribution >= 4 is 23.5 Å². The first kappa shape index (κ1) is 25.9. The number of fused-ring (bicyclic) bond motifs is 2. The van der Waals surface area contributed by atoms with Crippen LogP contribution in [0.25, 0.3) is 5.65 Å². The number of rotatable bonds is 6. The largest absolute Gasteiger partial charge is 0.501 e. The number of aryl methyl sites for hydroxylation is 1. The molecule has 1 N–H and O–H groups in total. The van der Waals surface area contributed by atoms with Crippen molar-refractivity contribution < 1.29 is 23.0 Å². The van der Waals surface area contributed by atoms with Crippen molar-refractivity contribution in [3.8, 4) is 11.5 Å². The number of ether oxygens (including phenoxy) is 3. The molecule has 10 nitrogen and oxygen atoms in total. The molecule has 12 heteroatoms. The zero-order valence-electron chi connectivity index (χ0n) is 22.3. The molecule has 1 saturated heterocycles. The molecule has 1 fully saturated rings. The summed E-state index contributed by atoms with van der Waals surface area (Å²) in [5.41, 5.74) is 2.94. The average molecular weight is 550 g/mol. The molecule has 208 valence electrons. The first-order valence-corrected chi connectivity index (χ1v) is 13.0. The van der Waals surface area contributed by atoms with Gasteiger partial charge in [-0.05, 0) is 43.8 Å². The fourth-order valence-corrected chi connectivity index (χ4v) is 5.08. The number of anilines is 1. The maximum Gasteiger partial charge on any atom is 0.296 e. The zero-order valence-corrected chi connectivity index (χ0v) is 22.3. The molecule has 2 atom stereocenters. The number of likely N-dealkylation sites (tertiary alicyclic amines) is 1. The monoisotopic (exact) mass is 549 g/mol. The van der Waals surface area contributed by atoms with Crippen molar-refractivity contribution in [3.05, 3.63) is 71.6 Å². The number of aromatic nitrogens is 3. The lowest BCUT2D eigenvalue weighted by Crippen LogP contribution is -2.51. The Kier molecular flexibility index (Phi) is 6.70. The zero-order chi connectivity index (χ0) is 27.9. The summed E-state index contributed by atoms with van der Waals surface area (Å²) in [5.74, 6) is -0.282. The fourth-order valence-electron chi connectivity index (χ4n) is 5.08. The lowest BCUT2D eigenvalue weighted by atomic mass is 9.94. The van der Waals surface area contributed by atoms with Crippen LogP contribution < -0.4 is 10.1 Å². The fraction of sp³-hybridized carbons (Fsp3) is 0.357. The summed E-state index contributed by atoms with van der Waals surface area (Å²) in [6, 6.07) is 8.91. The van der Waals surface area contributed by atoms with Gasteiger partial charge in [-0.25, -0.2) is 23.3 Å². The second kappa shape index (κ2) is 10.3. The molecular formula is C28H29F2N7O3. The summed E-state index contributed by atoms with van der Waals surface area (Å²) in [6.45, 7) is 2.10. The van der Waals surface area contributed by atoms with Crippen LogP contribution in [0.5, 0.6) is 11.5 Å². The number of benzene rings is 1. The third kappa shape index (κ3) is 5.14. The molecule has 3 aliphatic rings. The standard InChI is InChI=1S/C28H29F2N7O3/c1-17-10-18(4-5-22(17)39-19-6-9-37-25(13-19)32-16-34-37)35-27-26-21(31-15-33-27)11-20(38-3)12-23(26)40-24-7-8-36(2)14-28(24,29)30/h4-6,9-10,12-13,15-16,21,24H,7-8,11,14H2,1-3H3,(H,31,33,35)/t21?,24-/m0/s1. The SMILES string of the molecule is COC1=CC(O[C@H]2CCN(C)CC2(F)F)=C2C(Nc3ccc(Oc4ccn5ncnc5c4)c(C)c3)=NC=NC2C1. The van der Waals surface area contributed by atoms with Gasteiger partial charge in [0.15, 0.2) is 11.8 Å². The van der Waals surface area contributed by atoms with E-state index in [1.165, 1.54) is 12.7 Å². The van der Waals surface area contributed by atoms with Gasteiger partial charge in [-0.15, -0.1) is 0 Å². The van der Waals surface area contributed by atoms with E-state index in [2.05, 4.69) is 25.4 Å². The summed E-state index contributed by atoms with van der Waals surface area (Å²) < 4.78 is 49.0. The Labute approximate surface area is 229 Å². The highest BCUT2D eigenvalue weighted by Crippen LogP contribution is 2.37. The van der Waals surface area contributed by atoms with E-state index >= 15 is 0 Å². The van der Waals surface area contributed by atoms with Crippen molar-refractivity contribution in [3.63, 3.8) is 0 Å². The summed E-state index contributed by atoms with van der Waals surface area (Å²) in [5, 5.41) is 7.43. The molecule has 2 aromatic heterocycles. The number of halogens is 2. The van der Waals surface area contributed by atoms with E-state index in [0.29, 0.717) is 53.0 Å². The van der Waals surface area contributed by atoms with Crippen LogP contribution in [-0.2, 0) is 9.47 Å². The van der Waals surface area contributed by atoms with Crippen LogP contribution in [0.15, 0.2) is 76.0 Å². The maximum absolute atomic E-state index is 14.9. The lowest BCUT2D eigenvalue weighted by molar-refractivity contribution is -0.153. The molecule has 0 amide bonds. The number of hydrogen-bond acceptors (Lipinski definition) is 9. The predicted octanol–water partition coefficient (Wildman–Crippen LogP) is 4.60. The molecule has 0 radical (unpaired) electrons. The quantitative estimate of drug-likeness (QED) is 0.480. The molecule has 1 unspecified atom stereocenters. The Morgan fingerprint density at radius 3 is 2.85 bits per heavy atom. The Morgan fingerprint density at radius 2 is 2.05 bits per heavy atom. The minimum Gasteiger partial charge on any atom is -0.501 e. The maximum atomic E-state index is 14.9. The lowest BCUT2D eigenvalue weighted by Gasteiger charge is -2.38. The molecule has 1 aliphatic carbocycles. The number of allylic oxidation sites excluding steroid dienone is 1. The highest BCUT2D eigenvalue weighted by atomic mass is 19.3. The third-order valence-electron chi connectivity index (χ3n) is 7.15. The van der Waals surface area contributed by atoms with E-state index in [-0.39, 0.29) is 19.0 Å². The second-order valence-corrected chi connectivity index (χ2v) is 10.1. The third-order valence-corrected chi connectivity index (χ3v) is 7.15. The number of nitrogens with one attached hydrogen (secondary N) is 1. The molecule has 40 heavy (non-hydrogen) atoms. The van der Waals surface area contributed by atoms with Crippen LogP contribution in [0, 0.1) is 6.92 Å². The van der Waals surface area contributed by atoms with Crippen LogP contribution in [0.4, 0.5) is 14.5 Å². The molecule has 2 aliphatic heterocycles. The number of aliphatic imine (C=N–C) groups is 2. The van der Waals surface area contributed by atoms with Gasteiger partial charge >= 0.3 is 0 Å². The molecule has 6 rings (SSSR count). The number of nitrogens with zero attached hydrogens (tertiary/aromatic N) is 6. The number of amidine groups is 1. The van der Waals surface area contributed by atoms with Crippen molar-refractivity contribution in [2.75, 3.05) is 32.6 Å². The van der Waals surface area contributed by atoms with Crippen LogP contribution in [0.2, 0.25) is 0 Å². The molecular weight excluding hydrogens is 520 g/mol. The van der Waals surface area contributed by atoms with Crippen molar-refractivity contribution in [1.29, 1.82) is 0 Å². The first-order valence-electron chi connectivity index (χ1n) is 13.0. The van der Waals surface area contributed by atoms with Crippen LogP contribution >= 0.6 is 0 Å². The van der Waals surface area contributed by atoms with E-state index in [1.54, 1.807) is 35.8 Å². The van der Waals surface area contributed by atoms with Gasteiger partial charge in [0.2, 0.25) is 0 Å². The van der Waals surface area contributed by atoms with Crippen LogP contribution in [0.3, 0.4) is 0 Å². The van der Waals surface area contributed by atoms with E-state index in [0.717, 1.165) is 11.3 Å². The normalized spacial score (nSPS) is 22.4. The minimum absolute atomic E-state index is 0.203. The molecule has 0 bridgehead atoms. The molecule has 0 spiro atoms. The van der Waals surface area contributed by atoms with Crippen LogP contribution in [-0.4, -0.2) is 77.0 Å². The minimum atomic E-state index is -3.00. The van der Waals surface area contributed by atoms with Crippen molar-refractivity contribution in [2.24, 2.45) is 9.98 Å². The van der Waals surface area contributed by atoms with Gasteiger partial charge in [0.1, 0.15) is 41.5 Å². The van der Waals surface area contributed by atoms with Crippen molar-refractivity contribution in [1.82, 2.24) is 19.5 Å². The van der Waals surface area contributed by atoms with Gasteiger partial charge in [0.25, 0.3) is 5.92 Å². The smallest absolute Gasteiger partial charge is 0.296 e. The number of methoxy groups -OCH3 is 1. The predicted molar refractivity (Wildman–Crippen MR) is 146 cm³/mol. The molecule has 3 aromatic rings. The molecule has 1 aromatic carbocycles. The van der Waals surface area contributed by atoms with Gasteiger partial charge in [-0.3, -0.25) is 4.99 Å². The Balaban J connectivity index is 1.26. The van der Waals surface area contributed by atoms with E-state index < -0.39 is 12.0 Å². The highest BCUT2D eigenvalue weighted by Gasteiger charge is 2.46. The molecule has 0 saturated carbocycles. The summed E-state index contributed by atoms with van der Waals surface area (Å²) >= 11 is 0. The average Bonchev–Trinajstić information content (AvgIpc) is 3.39. The number of hydrogen-bond donors (Lipinski definition) is 1. The Hall–Kier alpha value is -4.32. The van der Waals surface area contributed by atoms with E-state index in [4.69, 9.17) is 14.2 Å².